The Morgan fingerprint density at radius 3 is 2.60 bits per heavy atom. The van der Waals surface area contributed by atoms with Gasteiger partial charge in [-0.3, -0.25) is 0 Å². The summed E-state index contributed by atoms with van der Waals surface area (Å²) in [4.78, 5) is 1.38. The highest BCUT2D eigenvalue weighted by Gasteiger charge is 2.06. The fourth-order valence-corrected chi connectivity index (χ4v) is 4.01. The molecular formula is C13H10S2. The first-order valence-electron chi connectivity index (χ1n) is 4.87. The third kappa shape index (κ3) is 1.50. The van der Waals surface area contributed by atoms with Crippen LogP contribution in [-0.2, 0) is 0 Å². The van der Waals surface area contributed by atoms with Crippen LogP contribution in [-0.4, -0.2) is 0 Å². The highest BCUT2D eigenvalue weighted by Crippen LogP contribution is 2.38. The summed E-state index contributed by atoms with van der Waals surface area (Å²) in [5, 5.41) is 2.23. The second-order valence-electron chi connectivity index (χ2n) is 3.59. The quantitative estimate of drug-likeness (QED) is 0.555. The molecule has 0 N–H and O–H groups in total. The van der Waals surface area contributed by atoms with Crippen molar-refractivity contribution < 1.29 is 0 Å². The van der Waals surface area contributed by atoms with Gasteiger partial charge in [-0.15, -0.1) is 22.7 Å². The first-order valence-corrected chi connectivity index (χ1v) is 6.57. The van der Waals surface area contributed by atoms with Gasteiger partial charge in [-0.25, -0.2) is 0 Å². The van der Waals surface area contributed by atoms with Gasteiger partial charge in [-0.1, -0.05) is 30.3 Å². The average molecular weight is 230 g/mol. The van der Waals surface area contributed by atoms with Crippen LogP contribution < -0.4 is 0 Å². The Morgan fingerprint density at radius 2 is 1.87 bits per heavy atom. The Labute approximate surface area is 96.8 Å². The number of aryl methyl sites for hydroxylation is 1. The minimum Gasteiger partial charge on any atom is -0.143 e. The lowest BCUT2D eigenvalue weighted by atomic mass is 10.2. The van der Waals surface area contributed by atoms with Crippen molar-refractivity contribution >= 4 is 32.1 Å². The predicted octanol–water partition coefficient (Wildman–Crippen LogP) is 4.94. The summed E-state index contributed by atoms with van der Waals surface area (Å²) in [5.74, 6) is 0. The van der Waals surface area contributed by atoms with E-state index in [2.05, 4.69) is 48.7 Å². The van der Waals surface area contributed by atoms with Gasteiger partial charge in [-0.05, 0) is 29.5 Å². The van der Waals surface area contributed by atoms with Gasteiger partial charge in [-0.2, -0.15) is 0 Å². The molecule has 3 aromatic rings. The number of thiophene rings is 2. The van der Waals surface area contributed by atoms with Gasteiger partial charge < -0.3 is 0 Å². The summed E-state index contributed by atoms with van der Waals surface area (Å²) in [6, 6.07) is 12.9. The van der Waals surface area contributed by atoms with E-state index in [-0.39, 0.29) is 0 Å². The molecule has 0 aliphatic carbocycles. The molecule has 0 nitrogen and oxygen atoms in total. The Bertz CT molecular complexity index is 587. The van der Waals surface area contributed by atoms with E-state index in [4.69, 9.17) is 0 Å². The smallest absolute Gasteiger partial charge is 0.0486 e. The van der Waals surface area contributed by atoms with E-state index in [1.807, 2.05) is 22.7 Å². The molecule has 2 aromatic heterocycles. The number of fused-ring (bicyclic) bond motifs is 1. The molecule has 1 aromatic carbocycles. The monoisotopic (exact) mass is 230 g/mol. The molecule has 15 heavy (non-hydrogen) atoms. The molecule has 0 unspecified atom stereocenters. The zero-order valence-corrected chi connectivity index (χ0v) is 9.99. The van der Waals surface area contributed by atoms with Gasteiger partial charge in [0.2, 0.25) is 0 Å². The van der Waals surface area contributed by atoms with Crippen LogP contribution in [0.2, 0.25) is 0 Å². The largest absolute Gasteiger partial charge is 0.143 e. The predicted molar refractivity (Wildman–Crippen MR) is 69.9 cm³/mol. The lowest BCUT2D eigenvalue weighted by Gasteiger charge is -1.94. The Hall–Kier alpha value is -1.12. The van der Waals surface area contributed by atoms with Crippen LogP contribution >= 0.6 is 22.7 Å². The zero-order valence-electron chi connectivity index (χ0n) is 8.36. The third-order valence-corrected chi connectivity index (χ3v) is 4.97. The minimum absolute atomic E-state index is 1.32. The lowest BCUT2D eigenvalue weighted by molar-refractivity contribution is 1.62. The molecule has 0 saturated heterocycles. The molecule has 0 saturated carbocycles. The van der Waals surface area contributed by atoms with E-state index in [9.17, 15) is 0 Å². The van der Waals surface area contributed by atoms with Crippen LogP contribution in [0.25, 0.3) is 19.8 Å². The van der Waals surface area contributed by atoms with Crippen LogP contribution in [0.15, 0.2) is 41.8 Å². The van der Waals surface area contributed by atoms with Crippen molar-refractivity contribution in [1.82, 2.24) is 0 Å². The summed E-state index contributed by atoms with van der Waals surface area (Å²) >= 11 is 3.73. The standard InChI is InChI=1S/C13H10S2/c1-9-8-14-12-7-11(15-13(9)12)10-5-3-2-4-6-10/h2-8H,1H3. The molecule has 0 fully saturated rings. The first-order chi connectivity index (χ1) is 7.34. The number of hydrogen-bond acceptors (Lipinski definition) is 2. The van der Waals surface area contributed by atoms with E-state index in [1.165, 1.54) is 25.4 Å². The number of rotatable bonds is 1. The second kappa shape index (κ2) is 3.47. The summed E-state index contributed by atoms with van der Waals surface area (Å²) in [6.45, 7) is 2.18. The molecule has 0 radical (unpaired) electrons. The number of benzene rings is 1. The molecule has 0 atom stereocenters. The minimum atomic E-state index is 1.32. The van der Waals surface area contributed by atoms with Crippen LogP contribution in [0.1, 0.15) is 5.56 Å². The van der Waals surface area contributed by atoms with Crippen LogP contribution in [0.4, 0.5) is 0 Å². The van der Waals surface area contributed by atoms with Crippen molar-refractivity contribution in [3.8, 4) is 10.4 Å². The van der Waals surface area contributed by atoms with E-state index in [0.717, 1.165) is 0 Å². The maximum absolute atomic E-state index is 2.30. The van der Waals surface area contributed by atoms with Crippen LogP contribution in [0.3, 0.4) is 0 Å². The Morgan fingerprint density at radius 1 is 1.07 bits per heavy atom. The van der Waals surface area contributed by atoms with Gasteiger partial charge in [0.25, 0.3) is 0 Å². The van der Waals surface area contributed by atoms with Crippen LogP contribution in [0, 0.1) is 6.92 Å². The van der Waals surface area contributed by atoms with E-state index in [0.29, 0.717) is 0 Å². The Balaban J connectivity index is 2.20. The van der Waals surface area contributed by atoms with Gasteiger partial charge in [0.05, 0.1) is 0 Å². The van der Waals surface area contributed by atoms with Gasteiger partial charge in [0, 0.05) is 14.3 Å². The molecule has 0 bridgehead atoms. The second-order valence-corrected chi connectivity index (χ2v) is 5.55. The van der Waals surface area contributed by atoms with Crippen molar-refractivity contribution in [3.63, 3.8) is 0 Å². The molecule has 3 rings (SSSR count). The van der Waals surface area contributed by atoms with E-state index >= 15 is 0 Å². The normalized spacial score (nSPS) is 11.0. The SMILES string of the molecule is Cc1csc2cc(-c3ccccc3)sc12. The topological polar surface area (TPSA) is 0 Å². The first kappa shape index (κ1) is 9.13. The average Bonchev–Trinajstić information content (AvgIpc) is 2.83. The lowest BCUT2D eigenvalue weighted by Crippen LogP contribution is -1.67. The molecule has 0 aliphatic rings. The molecule has 2 heterocycles. The Kier molecular flexibility index (Phi) is 2.11. The summed E-state index contributed by atoms with van der Waals surface area (Å²) in [5.41, 5.74) is 2.73. The van der Waals surface area contributed by atoms with E-state index in [1.54, 1.807) is 0 Å². The maximum atomic E-state index is 2.30. The van der Waals surface area contributed by atoms with E-state index < -0.39 is 0 Å². The summed E-state index contributed by atoms with van der Waals surface area (Å²) in [7, 11) is 0. The molecular weight excluding hydrogens is 220 g/mol. The highest BCUT2D eigenvalue weighted by molar-refractivity contribution is 7.29. The maximum Gasteiger partial charge on any atom is 0.0486 e. The molecule has 74 valence electrons. The van der Waals surface area contributed by atoms with Crippen molar-refractivity contribution in [2.45, 2.75) is 6.92 Å². The fraction of sp³-hybridized carbons (Fsp3) is 0.0769. The molecule has 2 heteroatoms. The zero-order chi connectivity index (χ0) is 10.3. The van der Waals surface area contributed by atoms with Crippen molar-refractivity contribution in [2.24, 2.45) is 0 Å². The third-order valence-electron chi connectivity index (χ3n) is 2.48. The highest BCUT2D eigenvalue weighted by atomic mass is 32.1. The van der Waals surface area contributed by atoms with Crippen molar-refractivity contribution in [3.05, 3.63) is 47.3 Å². The molecule has 0 spiro atoms. The van der Waals surface area contributed by atoms with Gasteiger partial charge in [0.15, 0.2) is 0 Å². The van der Waals surface area contributed by atoms with Crippen molar-refractivity contribution in [2.75, 3.05) is 0 Å². The van der Waals surface area contributed by atoms with Crippen LogP contribution in [0.5, 0.6) is 0 Å². The summed E-state index contributed by atoms with van der Waals surface area (Å²) in [6.07, 6.45) is 0. The number of hydrogen-bond donors (Lipinski definition) is 0. The molecule has 0 amide bonds. The van der Waals surface area contributed by atoms with Crippen molar-refractivity contribution in [1.29, 1.82) is 0 Å². The summed E-state index contributed by atoms with van der Waals surface area (Å²) < 4.78 is 2.86. The van der Waals surface area contributed by atoms with Gasteiger partial charge in [0.1, 0.15) is 0 Å². The fourth-order valence-electron chi connectivity index (χ4n) is 1.69. The van der Waals surface area contributed by atoms with Gasteiger partial charge >= 0.3 is 0 Å². The molecule has 0 aliphatic heterocycles.